The molecule has 2 rings (SSSR count). The fourth-order valence-electron chi connectivity index (χ4n) is 1.51. The molecule has 94 valence electrons. The minimum absolute atomic E-state index is 0.330. The predicted octanol–water partition coefficient (Wildman–Crippen LogP) is 0.539. The first-order valence-electron chi connectivity index (χ1n) is 5.17. The van der Waals surface area contributed by atoms with E-state index in [1.807, 2.05) is 22.5 Å². The summed E-state index contributed by atoms with van der Waals surface area (Å²) in [5.41, 5.74) is -1.90. The highest BCUT2D eigenvalue weighted by molar-refractivity contribution is 7.09. The summed E-state index contributed by atoms with van der Waals surface area (Å²) in [5.74, 6) is -1.35. The van der Waals surface area contributed by atoms with Crippen LogP contribution in [-0.4, -0.2) is 20.6 Å². The molecule has 0 saturated carbocycles. The molecule has 0 spiro atoms. The quantitative estimate of drug-likeness (QED) is 0.844. The lowest BCUT2D eigenvalue weighted by atomic mass is 10.3. The Morgan fingerprint density at radius 2 is 2.22 bits per heavy atom. The smallest absolute Gasteiger partial charge is 0.342 e. The van der Waals surface area contributed by atoms with E-state index in [4.69, 9.17) is 5.11 Å². The van der Waals surface area contributed by atoms with E-state index >= 15 is 0 Å². The SMILES string of the molecule is O=C(O)c1cn(CCc2cccs2)c(=O)[nH]c1=O. The first-order valence-corrected chi connectivity index (χ1v) is 6.05. The average molecular weight is 266 g/mol. The topological polar surface area (TPSA) is 92.2 Å². The fourth-order valence-corrected chi connectivity index (χ4v) is 2.21. The molecule has 0 aromatic carbocycles. The van der Waals surface area contributed by atoms with Crippen molar-refractivity contribution in [2.24, 2.45) is 0 Å². The fraction of sp³-hybridized carbons (Fsp3) is 0.182. The van der Waals surface area contributed by atoms with Crippen LogP contribution in [0.3, 0.4) is 0 Å². The van der Waals surface area contributed by atoms with Crippen LogP contribution in [0, 0.1) is 0 Å². The van der Waals surface area contributed by atoms with E-state index in [-0.39, 0.29) is 0 Å². The van der Waals surface area contributed by atoms with Gasteiger partial charge in [-0.15, -0.1) is 11.3 Å². The summed E-state index contributed by atoms with van der Waals surface area (Å²) in [6.45, 7) is 0.330. The number of hydrogen-bond donors (Lipinski definition) is 2. The molecule has 0 aliphatic carbocycles. The van der Waals surface area contributed by atoms with E-state index in [9.17, 15) is 14.4 Å². The lowest BCUT2D eigenvalue weighted by Crippen LogP contribution is -2.33. The number of hydrogen-bond acceptors (Lipinski definition) is 4. The number of thiophene rings is 1. The van der Waals surface area contributed by atoms with Gasteiger partial charge in [0.05, 0.1) is 0 Å². The van der Waals surface area contributed by atoms with Crippen LogP contribution in [0.5, 0.6) is 0 Å². The Morgan fingerprint density at radius 3 is 2.83 bits per heavy atom. The number of nitrogens with zero attached hydrogens (tertiary/aromatic N) is 1. The zero-order valence-corrected chi connectivity index (χ0v) is 10.1. The Labute approximate surface area is 105 Å². The van der Waals surface area contributed by atoms with Crippen molar-refractivity contribution >= 4 is 17.3 Å². The summed E-state index contributed by atoms with van der Waals surface area (Å²) in [5, 5.41) is 10.7. The maximum atomic E-state index is 11.5. The Hall–Kier alpha value is -2.15. The van der Waals surface area contributed by atoms with E-state index in [1.165, 1.54) is 4.57 Å². The van der Waals surface area contributed by atoms with Crippen LogP contribution in [0.1, 0.15) is 15.2 Å². The molecule has 0 bridgehead atoms. The summed E-state index contributed by atoms with van der Waals surface area (Å²) in [4.78, 5) is 36.6. The van der Waals surface area contributed by atoms with Gasteiger partial charge in [0, 0.05) is 17.6 Å². The lowest BCUT2D eigenvalue weighted by Gasteiger charge is -2.04. The van der Waals surface area contributed by atoms with Crippen molar-refractivity contribution < 1.29 is 9.90 Å². The van der Waals surface area contributed by atoms with Crippen LogP contribution >= 0.6 is 11.3 Å². The first-order chi connectivity index (χ1) is 8.58. The number of aryl methyl sites for hydroxylation is 2. The van der Waals surface area contributed by atoms with Gasteiger partial charge in [-0.1, -0.05) is 6.07 Å². The second-order valence-corrected chi connectivity index (χ2v) is 4.66. The molecule has 2 aromatic rings. The molecule has 2 heterocycles. The first kappa shape index (κ1) is 12.3. The van der Waals surface area contributed by atoms with E-state index in [1.54, 1.807) is 11.3 Å². The summed E-state index contributed by atoms with van der Waals surface area (Å²) in [6.07, 6.45) is 1.69. The summed E-state index contributed by atoms with van der Waals surface area (Å²) < 4.78 is 1.20. The van der Waals surface area contributed by atoms with E-state index < -0.39 is 22.8 Å². The monoisotopic (exact) mass is 266 g/mol. The van der Waals surface area contributed by atoms with Crippen molar-refractivity contribution in [3.05, 3.63) is 55.0 Å². The molecule has 2 N–H and O–H groups in total. The highest BCUT2D eigenvalue weighted by atomic mass is 32.1. The van der Waals surface area contributed by atoms with Crippen molar-refractivity contribution in [1.82, 2.24) is 9.55 Å². The zero-order chi connectivity index (χ0) is 13.1. The molecule has 0 unspecified atom stereocenters. The van der Waals surface area contributed by atoms with Gasteiger partial charge in [0.1, 0.15) is 5.56 Å². The van der Waals surface area contributed by atoms with Crippen molar-refractivity contribution in [1.29, 1.82) is 0 Å². The van der Waals surface area contributed by atoms with Crippen molar-refractivity contribution in [2.75, 3.05) is 0 Å². The lowest BCUT2D eigenvalue weighted by molar-refractivity contribution is 0.0693. The number of aromatic amines is 1. The molecule has 6 nitrogen and oxygen atoms in total. The third kappa shape index (κ3) is 2.57. The minimum atomic E-state index is -1.35. The minimum Gasteiger partial charge on any atom is -0.477 e. The highest BCUT2D eigenvalue weighted by Crippen LogP contribution is 2.09. The molecule has 0 aliphatic heterocycles. The Morgan fingerprint density at radius 1 is 1.44 bits per heavy atom. The number of H-pyrrole nitrogens is 1. The van der Waals surface area contributed by atoms with Gasteiger partial charge in [0.2, 0.25) is 0 Å². The van der Waals surface area contributed by atoms with E-state index in [2.05, 4.69) is 0 Å². The molecule has 0 aliphatic rings. The molecule has 0 fully saturated rings. The Bertz CT molecular complexity index is 669. The molecule has 0 amide bonds. The van der Waals surface area contributed by atoms with Crippen molar-refractivity contribution in [3.63, 3.8) is 0 Å². The van der Waals surface area contributed by atoms with Gasteiger partial charge in [-0.3, -0.25) is 14.3 Å². The van der Waals surface area contributed by atoms with Crippen molar-refractivity contribution in [2.45, 2.75) is 13.0 Å². The number of nitrogens with one attached hydrogen (secondary N) is 1. The van der Waals surface area contributed by atoms with Gasteiger partial charge in [-0.05, 0) is 17.9 Å². The molecular weight excluding hydrogens is 256 g/mol. The number of aromatic carboxylic acids is 1. The standard InChI is InChI=1S/C11H10N2O4S/c14-9-8(10(15)16)6-13(11(17)12-9)4-3-7-2-1-5-18-7/h1-2,5-6H,3-4H2,(H,15,16)(H,12,14,17). The van der Waals surface area contributed by atoms with Crippen LogP contribution in [-0.2, 0) is 13.0 Å². The normalized spacial score (nSPS) is 10.4. The van der Waals surface area contributed by atoms with Crippen LogP contribution in [0.15, 0.2) is 33.3 Å². The average Bonchev–Trinajstić information content (AvgIpc) is 2.80. The van der Waals surface area contributed by atoms with E-state index in [0.717, 1.165) is 11.1 Å². The van der Waals surface area contributed by atoms with Gasteiger partial charge >= 0.3 is 11.7 Å². The van der Waals surface area contributed by atoms with Gasteiger partial charge in [-0.25, -0.2) is 9.59 Å². The number of carbonyl (C=O) groups is 1. The number of rotatable bonds is 4. The molecule has 0 atom stereocenters. The van der Waals surface area contributed by atoms with Gasteiger partial charge in [0.15, 0.2) is 0 Å². The predicted molar refractivity (Wildman–Crippen MR) is 66.3 cm³/mol. The third-order valence-corrected chi connectivity index (χ3v) is 3.36. The molecule has 18 heavy (non-hydrogen) atoms. The maximum absolute atomic E-state index is 11.5. The third-order valence-electron chi connectivity index (χ3n) is 2.42. The Kier molecular flexibility index (Phi) is 3.42. The highest BCUT2D eigenvalue weighted by Gasteiger charge is 2.11. The molecule has 0 saturated heterocycles. The summed E-state index contributed by atoms with van der Waals surface area (Å²) in [6, 6.07) is 3.83. The van der Waals surface area contributed by atoms with Gasteiger partial charge in [-0.2, -0.15) is 0 Å². The summed E-state index contributed by atoms with van der Waals surface area (Å²) >= 11 is 1.56. The van der Waals surface area contributed by atoms with E-state index in [0.29, 0.717) is 13.0 Å². The molecule has 0 radical (unpaired) electrons. The second kappa shape index (κ2) is 5.01. The largest absolute Gasteiger partial charge is 0.477 e. The number of carboxylic acid groups (broad SMARTS) is 1. The number of aromatic nitrogens is 2. The van der Waals surface area contributed by atoms with Crippen LogP contribution in [0.2, 0.25) is 0 Å². The zero-order valence-electron chi connectivity index (χ0n) is 9.25. The van der Waals surface area contributed by atoms with Gasteiger partial charge in [0.25, 0.3) is 5.56 Å². The maximum Gasteiger partial charge on any atom is 0.342 e. The van der Waals surface area contributed by atoms with Gasteiger partial charge < -0.3 is 5.11 Å². The Balaban J connectivity index is 2.28. The molecular formula is C11H10N2O4S. The van der Waals surface area contributed by atoms with Crippen LogP contribution in [0.25, 0.3) is 0 Å². The summed E-state index contributed by atoms with van der Waals surface area (Å²) in [7, 11) is 0. The van der Waals surface area contributed by atoms with Crippen molar-refractivity contribution in [3.8, 4) is 0 Å². The number of carboxylic acids is 1. The van der Waals surface area contributed by atoms with Crippen LogP contribution < -0.4 is 11.2 Å². The molecule has 7 heteroatoms. The molecule has 2 aromatic heterocycles. The second-order valence-electron chi connectivity index (χ2n) is 3.63. The van der Waals surface area contributed by atoms with Crippen LogP contribution in [0.4, 0.5) is 0 Å².